The highest BCUT2D eigenvalue weighted by atomic mass is 16.8. The van der Waals surface area contributed by atoms with Gasteiger partial charge in [-0.2, -0.15) is 0 Å². The van der Waals surface area contributed by atoms with Crippen LogP contribution < -0.4 is 14.2 Å². The summed E-state index contributed by atoms with van der Waals surface area (Å²) in [6, 6.07) is 2.72. The van der Waals surface area contributed by atoms with E-state index < -0.39 is 103 Å². The highest BCUT2D eigenvalue weighted by Gasteiger charge is 2.57. The molecule has 0 unspecified atom stereocenters. The topological polar surface area (TPSA) is 213 Å². The average molecular weight is 753 g/mol. The smallest absolute Gasteiger partial charge is 0.338 e. The molecule has 0 bridgehead atoms. The van der Waals surface area contributed by atoms with E-state index >= 15 is 0 Å². The highest BCUT2D eigenvalue weighted by Crippen LogP contribution is 2.49. The highest BCUT2D eigenvalue weighted by molar-refractivity contribution is 5.91. The third kappa shape index (κ3) is 9.29. The Labute approximate surface area is 305 Å². The summed E-state index contributed by atoms with van der Waals surface area (Å²) in [7, 11) is 5.35. The lowest BCUT2D eigenvalue weighted by Crippen LogP contribution is -2.63. The largest absolute Gasteiger partial charge is 0.493 e. The predicted molar refractivity (Wildman–Crippen MR) is 174 cm³/mol. The van der Waals surface area contributed by atoms with Crippen LogP contribution in [0.3, 0.4) is 0 Å². The zero-order valence-corrected chi connectivity index (χ0v) is 30.8. The standard InChI is InChI=1S/C35H44O18/c1-15-23(48-16(2)36)12-21-22(33(41)45-9)13-47-34(27(15)21)53-35-31(51-19(5)39)30(50-18(4)38)29(49-17(3)37)26(52-35)14-46-32(40)20-10-24(42-6)28(44-8)25(11-20)43-7/h10-11,13,15,21,23,26-27,29-31,34-35H,12,14H2,1-9H3/t15-,21+,23-,26+,27+,29+,30-,31+,34-,35-/m0/s1. The number of methoxy groups -OCH3 is 4. The van der Waals surface area contributed by atoms with Crippen LogP contribution in [0.2, 0.25) is 0 Å². The quantitative estimate of drug-likeness (QED) is 0.208. The lowest BCUT2D eigenvalue weighted by atomic mass is 9.83. The first kappa shape index (κ1) is 40.7. The Kier molecular flexibility index (Phi) is 13.5. The van der Waals surface area contributed by atoms with Crippen molar-refractivity contribution >= 4 is 35.8 Å². The maximum Gasteiger partial charge on any atom is 0.338 e. The number of ether oxygens (including phenoxy) is 12. The van der Waals surface area contributed by atoms with Crippen molar-refractivity contribution in [2.75, 3.05) is 35.0 Å². The van der Waals surface area contributed by atoms with E-state index in [9.17, 15) is 28.8 Å². The molecule has 0 radical (unpaired) electrons. The molecule has 0 aromatic heterocycles. The van der Waals surface area contributed by atoms with E-state index in [0.29, 0.717) is 0 Å². The molecular formula is C35H44O18. The van der Waals surface area contributed by atoms with Gasteiger partial charge in [-0.15, -0.1) is 0 Å². The molecule has 3 aliphatic rings. The van der Waals surface area contributed by atoms with Gasteiger partial charge in [-0.1, -0.05) is 6.92 Å². The number of hydrogen-bond acceptors (Lipinski definition) is 18. The molecule has 10 atom stereocenters. The first-order chi connectivity index (χ1) is 25.1. The molecule has 2 aliphatic heterocycles. The first-order valence-electron chi connectivity index (χ1n) is 16.5. The van der Waals surface area contributed by atoms with Gasteiger partial charge in [0.15, 0.2) is 29.8 Å². The molecule has 292 valence electrons. The fourth-order valence-corrected chi connectivity index (χ4v) is 6.81. The Bertz CT molecular complexity index is 1560. The summed E-state index contributed by atoms with van der Waals surface area (Å²) in [4.78, 5) is 75.2. The van der Waals surface area contributed by atoms with Gasteiger partial charge in [0.05, 0.1) is 45.8 Å². The van der Waals surface area contributed by atoms with Crippen LogP contribution in [-0.2, 0) is 66.6 Å². The van der Waals surface area contributed by atoms with E-state index in [4.69, 9.17) is 56.8 Å². The first-order valence-corrected chi connectivity index (χ1v) is 16.5. The van der Waals surface area contributed by atoms with Crippen molar-refractivity contribution < 1.29 is 85.6 Å². The molecule has 4 rings (SSSR count). The molecule has 2 heterocycles. The molecule has 18 nitrogen and oxygen atoms in total. The molecular weight excluding hydrogens is 708 g/mol. The normalized spacial score (nSPS) is 28.8. The Morgan fingerprint density at radius 2 is 1.28 bits per heavy atom. The minimum absolute atomic E-state index is 0.00567. The van der Waals surface area contributed by atoms with E-state index in [2.05, 4.69) is 0 Å². The molecule has 1 saturated carbocycles. The number of esters is 6. The van der Waals surface area contributed by atoms with Gasteiger partial charge >= 0.3 is 35.8 Å². The van der Waals surface area contributed by atoms with E-state index in [1.807, 2.05) is 0 Å². The third-order valence-corrected chi connectivity index (χ3v) is 8.97. The van der Waals surface area contributed by atoms with Crippen molar-refractivity contribution in [3.8, 4) is 17.2 Å². The number of benzene rings is 1. The van der Waals surface area contributed by atoms with Crippen LogP contribution in [0.25, 0.3) is 0 Å². The number of hydrogen-bond donors (Lipinski definition) is 0. The maximum absolute atomic E-state index is 13.4. The summed E-state index contributed by atoms with van der Waals surface area (Å²) in [5.74, 6) is -5.65. The van der Waals surface area contributed by atoms with Gasteiger partial charge in [0.1, 0.15) is 18.8 Å². The molecule has 0 amide bonds. The van der Waals surface area contributed by atoms with Gasteiger partial charge in [0, 0.05) is 45.4 Å². The molecule has 1 saturated heterocycles. The van der Waals surface area contributed by atoms with Gasteiger partial charge < -0.3 is 56.8 Å². The molecule has 1 aliphatic carbocycles. The SMILES string of the molecule is COC(=O)C1=CO[C@@H](O[C@@H]2O[C@H](COC(=O)c3cc(OC)c(OC)c(OC)c3)[C@@H](OC(C)=O)[C@H](OC(C)=O)[C@H]2OC(C)=O)[C@@H]2[C@@H](C)[C@@H](OC(C)=O)C[C@H]12. The van der Waals surface area contributed by atoms with E-state index in [1.54, 1.807) is 6.92 Å². The minimum atomic E-state index is -1.61. The molecule has 2 fully saturated rings. The van der Waals surface area contributed by atoms with Gasteiger partial charge in [0.25, 0.3) is 0 Å². The molecule has 18 heteroatoms. The van der Waals surface area contributed by atoms with Gasteiger partial charge in [-0.05, 0) is 18.6 Å². The average Bonchev–Trinajstić information content (AvgIpc) is 3.43. The second kappa shape index (κ2) is 17.6. The fraction of sp³-hybridized carbons (Fsp3) is 0.600. The molecule has 0 N–H and O–H groups in total. The van der Waals surface area contributed by atoms with Crippen LogP contribution in [-0.4, -0.2) is 114 Å². The Morgan fingerprint density at radius 1 is 0.717 bits per heavy atom. The molecule has 0 spiro atoms. The van der Waals surface area contributed by atoms with E-state index in [0.717, 1.165) is 20.8 Å². The van der Waals surface area contributed by atoms with Crippen LogP contribution in [0.5, 0.6) is 17.2 Å². The summed E-state index contributed by atoms with van der Waals surface area (Å²) in [5.41, 5.74) is 0.179. The van der Waals surface area contributed by atoms with Crippen LogP contribution in [0, 0.1) is 17.8 Å². The molecule has 53 heavy (non-hydrogen) atoms. The number of fused-ring (bicyclic) bond motifs is 1. The second-order valence-electron chi connectivity index (χ2n) is 12.4. The summed E-state index contributed by atoms with van der Waals surface area (Å²) in [5, 5.41) is 0. The third-order valence-electron chi connectivity index (χ3n) is 8.97. The zero-order chi connectivity index (χ0) is 39.1. The van der Waals surface area contributed by atoms with Crippen molar-refractivity contribution in [1.82, 2.24) is 0 Å². The van der Waals surface area contributed by atoms with Crippen LogP contribution in [0.15, 0.2) is 24.0 Å². The maximum atomic E-state index is 13.4. The van der Waals surface area contributed by atoms with Gasteiger partial charge in [-0.3, -0.25) is 19.2 Å². The lowest BCUT2D eigenvalue weighted by molar-refractivity contribution is -0.344. The Balaban J connectivity index is 1.71. The molecule has 1 aromatic carbocycles. The minimum Gasteiger partial charge on any atom is -0.493 e. The summed E-state index contributed by atoms with van der Waals surface area (Å²) in [6.45, 7) is 5.72. The van der Waals surface area contributed by atoms with E-state index in [1.165, 1.54) is 53.8 Å². The zero-order valence-electron chi connectivity index (χ0n) is 30.8. The van der Waals surface area contributed by atoms with Crippen molar-refractivity contribution in [3.63, 3.8) is 0 Å². The molecule has 1 aromatic rings. The van der Waals surface area contributed by atoms with Crippen LogP contribution in [0.1, 0.15) is 51.4 Å². The Hall–Kier alpha value is -5.10. The number of carbonyl (C=O) groups is 6. The summed E-state index contributed by atoms with van der Waals surface area (Å²) < 4.78 is 67.2. The fourth-order valence-electron chi connectivity index (χ4n) is 6.81. The predicted octanol–water partition coefficient (Wildman–Crippen LogP) is 2.02. The number of rotatable bonds is 13. The van der Waals surface area contributed by atoms with Crippen LogP contribution >= 0.6 is 0 Å². The monoisotopic (exact) mass is 752 g/mol. The van der Waals surface area contributed by atoms with Crippen LogP contribution in [0.4, 0.5) is 0 Å². The van der Waals surface area contributed by atoms with Gasteiger partial charge in [-0.25, -0.2) is 9.59 Å². The van der Waals surface area contributed by atoms with Crippen molar-refractivity contribution in [2.45, 2.75) is 84.1 Å². The summed E-state index contributed by atoms with van der Waals surface area (Å²) >= 11 is 0. The lowest BCUT2D eigenvalue weighted by Gasteiger charge is -2.46. The van der Waals surface area contributed by atoms with Crippen molar-refractivity contribution in [3.05, 3.63) is 29.5 Å². The van der Waals surface area contributed by atoms with Gasteiger partial charge in [0.2, 0.25) is 18.3 Å². The second-order valence-corrected chi connectivity index (χ2v) is 12.4. The van der Waals surface area contributed by atoms with Crippen molar-refractivity contribution in [2.24, 2.45) is 17.8 Å². The van der Waals surface area contributed by atoms with E-state index in [-0.39, 0.29) is 34.8 Å². The Morgan fingerprint density at radius 3 is 1.81 bits per heavy atom. The number of carbonyl (C=O) groups excluding carboxylic acids is 6. The summed E-state index contributed by atoms with van der Waals surface area (Å²) in [6.07, 6.45) is -8.04. The van der Waals surface area contributed by atoms with Crippen molar-refractivity contribution in [1.29, 1.82) is 0 Å².